The highest BCUT2D eigenvalue weighted by atomic mass is 32.2. The molecule has 0 radical (unpaired) electrons. The minimum atomic E-state index is -4.67. The number of hydrogen-bond acceptors (Lipinski definition) is 5. The fraction of sp³-hybridized carbons (Fsp3) is 0.476. The van der Waals surface area contributed by atoms with Gasteiger partial charge >= 0.3 is 18.2 Å². The molecular weight excluding hydrogens is 482 g/mol. The van der Waals surface area contributed by atoms with Gasteiger partial charge in [-0.15, -0.1) is 11.8 Å². The zero-order chi connectivity index (χ0) is 24.2. The summed E-state index contributed by atoms with van der Waals surface area (Å²) in [5.74, 6) is -2.04. The third-order valence-corrected chi connectivity index (χ3v) is 7.69. The van der Waals surface area contributed by atoms with Crippen LogP contribution < -0.4 is 10.2 Å². The highest BCUT2D eigenvalue weighted by molar-refractivity contribution is 8.01. The second-order valence-electron chi connectivity index (χ2n) is 7.89. The first-order valence-corrected chi connectivity index (χ1v) is 12.1. The van der Waals surface area contributed by atoms with E-state index in [9.17, 15) is 27.2 Å². The predicted molar refractivity (Wildman–Crippen MR) is 119 cm³/mol. The van der Waals surface area contributed by atoms with E-state index < -0.39 is 41.2 Å². The third-order valence-electron chi connectivity index (χ3n) is 5.32. The van der Waals surface area contributed by atoms with Gasteiger partial charge in [0.25, 0.3) is 0 Å². The van der Waals surface area contributed by atoms with Crippen LogP contribution in [0.25, 0.3) is 0 Å². The number of alkyl halides is 3. The number of aliphatic carboxylic acids is 1. The lowest BCUT2D eigenvalue weighted by Gasteiger charge is -2.26. The highest BCUT2D eigenvalue weighted by Crippen LogP contribution is 2.35. The van der Waals surface area contributed by atoms with E-state index in [4.69, 9.17) is 5.11 Å². The van der Waals surface area contributed by atoms with Gasteiger partial charge in [-0.3, -0.25) is 15.0 Å². The van der Waals surface area contributed by atoms with E-state index in [0.29, 0.717) is 22.1 Å². The fourth-order valence-electron chi connectivity index (χ4n) is 3.46. The Hall–Kier alpha value is -2.34. The van der Waals surface area contributed by atoms with Crippen molar-refractivity contribution in [3.8, 4) is 0 Å². The molecule has 0 spiro atoms. The maximum atomic E-state index is 14.6. The lowest BCUT2D eigenvalue weighted by Crippen LogP contribution is -2.39. The molecule has 1 aromatic heterocycles. The second kappa shape index (κ2) is 10.7. The first kappa shape index (κ1) is 25.3. The van der Waals surface area contributed by atoms with Crippen LogP contribution in [0.5, 0.6) is 0 Å². The number of aromatic nitrogens is 1. The van der Waals surface area contributed by atoms with Crippen LogP contribution in [0, 0.1) is 17.7 Å². The number of carbonyl (C=O) groups is 2. The van der Waals surface area contributed by atoms with Crippen molar-refractivity contribution >= 4 is 45.9 Å². The van der Waals surface area contributed by atoms with Gasteiger partial charge in [0, 0.05) is 12.3 Å². The first-order chi connectivity index (χ1) is 15.5. The summed E-state index contributed by atoms with van der Waals surface area (Å²) < 4.78 is 54.9. The van der Waals surface area contributed by atoms with E-state index in [-0.39, 0.29) is 17.6 Å². The van der Waals surface area contributed by atoms with Crippen LogP contribution >= 0.6 is 23.1 Å². The van der Waals surface area contributed by atoms with Crippen molar-refractivity contribution in [3.05, 3.63) is 35.8 Å². The third kappa shape index (κ3) is 6.83. The molecule has 2 N–H and O–H groups in total. The normalized spacial score (nSPS) is 15.4. The Kier molecular flexibility index (Phi) is 8.22. The maximum absolute atomic E-state index is 14.6. The number of hydrogen-bond donors (Lipinski definition) is 2. The Bertz CT molecular complexity index is 993. The van der Waals surface area contributed by atoms with E-state index in [1.165, 1.54) is 18.0 Å². The molecule has 1 heterocycles. The molecule has 180 valence electrons. The average Bonchev–Trinajstić information content (AvgIpc) is 3.41. The Morgan fingerprint density at radius 3 is 2.67 bits per heavy atom. The van der Waals surface area contributed by atoms with Crippen molar-refractivity contribution in [3.63, 3.8) is 0 Å². The second-order valence-corrected chi connectivity index (χ2v) is 10.2. The number of nitrogens with one attached hydrogen (secondary N) is 1. The molecule has 0 aliphatic heterocycles. The number of thioether (sulfide) groups is 1. The van der Waals surface area contributed by atoms with Gasteiger partial charge in [0.1, 0.15) is 5.82 Å². The summed E-state index contributed by atoms with van der Waals surface area (Å²) in [4.78, 5) is 29.1. The number of rotatable bonds is 8. The van der Waals surface area contributed by atoms with Gasteiger partial charge in [-0.1, -0.05) is 31.1 Å². The minimum Gasteiger partial charge on any atom is -0.481 e. The summed E-state index contributed by atoms with van der Waals surface area (Å²) in [5, 5.41) is 11.7. The number of nitrogens with zero attached hydrogens (tertiary/aromatic N) is 2. The van der Waals surface area contributed by atoms with Gasteiger partial charge in [0.05, 0.1) is 27.6 Å². The summed E-state index contributed by atoms with van der Waals surface area (Å²) in [5.41, 5.74) is -1.47. The molecule has 1 aliphatic rings. The van der Waals surface area contributed by atoms with Crippen LogP contribution in [0.2, 0.25) is 0 Å². The average molecular weight is 506 g/mol. The zero-order valence-corrected chi connectivity index (χ0v) is 19.3. The van der Waals surface area contributed by atoms with Crippen LogP contribution in [0.15, 0.2) is 28.6 Å². The van der Waals surface area contributed by atoms with Crippen molar-refractivity contribution in [1.29, 1.82) is 0 Å². The molecule has 0 bridgehead atoms. The molecular formula is C21H23F4N3O3S2. The van der Waals surface area contributed by atoms with Crippen molar-refractivity contribution in [1.82, 2.24) is 4.98 Å². The van der Waals surface area contributed by atoms with E-state index in [2.05, 4.69) is 10.3 Å². The summed E-state index contributed by atoms with van der Waals surface area (Å²) in [7, 11) is 0. The maximum Gasteiger partial charge on any atom is 0.416 e. The minimum absolute atomic E-state index is 0.0598. The zero-order valence-electron chi connectivity index (χ0n) is 17.7. The molecule has 1 aliphatic carbocycles. The predicted octanol–water partition coefficient (Wildman–Crippen LogP) is 6.34. The number of thiazole rings is 1. The highest BCUT2D eigenvalue weighted by Gasteiger charge is 2.33. The Labute approximate surface area is 196 Å². The van der Waals surface area contributed by atoms with Crippen LogP contribution in [-0.2, 0) is 11.0 Å². The van der Waals surface area contributed by atoms with E-state index in [1.807, 2.05) is 0 Å². The number of carboxylic acid groups (broad SMARTS) is 1. The van der Waals surface area contributed by atoms with E-state index in [1.54, 1.807) is 6.92 Å². The van der Waals surface area contributed by atoms with Gasteiger partial charge in [0.15, 0.2) is 5.13 Å². The number of amides is 2. The van der Waals surface area contributed by atoms with Crippen LogP contribution in [0.4, 0.5) is 33.2 Å². The van der Waals surface area contributed by atoms with Crippen LogP contribution in [0.3, 0.4) is 0 Å². The van der Waals surface area contributed by atoms with Gasteiger partial charge in [0.2, 0.25) is 0 Å². The monoisotopic (exact) mass is 505 g/mol. The van der Waals surface area contributed by atoms with Crippen molar-refractivity contribution in [2.75, 3.05) is 22.5 Å². The largest absolute Gasteiger partial charge is 0.481 e. The van der Waals surface area contributed by atoms with Crippen LogP contribution in [-0.4, -0.2) is 34.4 Å². The number of halogens is 4. The lowest BCUT2D eigenvalue weighted by atomic mass is 10.1. The van der Waals surface area contributed by atoms with Gasteiger partial charge < -0.3 is 5.11 Å². The van der Waals surface area contributed by atoms with Crippen molar-refractivity contribution in [2.45, 2.75) is 43.0 Å². The van der Waals surface area contributed by atoms with E-state index >= 15 is 0 Å². The summed E-state index contributed by atoms with van der Waals surface area (Å²) in [6.07, 6.45) is 0.326. The Morgan fingerprint density at radius 2 is 2.03 bits per heavy atom. The summed E-state index contributed by atoms with van der Waals surface area (Å²) in [6.45, 7) is 1.66. The molecule has 2 amide bonds. The van der Waals surface area contributed by atoms with Gasteiger partial charge in [-0.25, -0.2) is 14.2 Å². The molecule has 0 saturated heterocycles. The van der Waals surface area contributed by atoms with Crippen molar-refractivity contribution < 1.29 is 32.3 Å². The summed E-state index contributed by atoms with van der Waals surface area (Å²) in [6, 6.07) is 1.24. The molecule has 33 heavy (non-hydrogen) atoms. The number of anilines is 2. The number of benzene rings is 1. The molecule has 3 rings (SSSR count). The molecule has 1 fully saturated rings. The topological polar surface area (TPSA) is 82.5 Å². The standard InChI is InChI=1S/C21H23F4N3O3S2/c1-12(18(29)30)11-32-17-9-26-19(33-17)27-20(31)28(10-13-4-2-3-5-13)16-8-14(21(23,24)25)6-7-15(16)22/h6-9,12-13H,2-5,10-11H2,1H3,(H,29,30)(H,26,27,31). The number of carboxylic acids is 1. The molecule has 1 unspecified atom stereocenters. The van der Waals surface area contributed by atoms with Crippen LogP contribution in [0.1, 0.15) is 38.2 Å². The number of urea groups is 1. The Balaban J connectivity index is 1.79. The molecule has 2 aromatic rings. The Morgan fingerprint density at radius 1 is 1.33 bits per heavy atom. The molecule has 12 heteroatoms. The molecule has 1 aromatic carbocycles. The van der Waals surface area contributed by atoms with Gasteiger partial charge in [-0.2, -0.15) is 13.2 Å². The van der Waals surface area contributed by atoms with Gasteiger partial charge in [-0.05, 0) is 37.0 Å². The van der Waals surface area contributed by atoms with Crippen molar-refractivity contribution in [2.24, 2.45) is 11.8 Å². The molecule has 1 saturated carbocycles. The number of carbonyl (C=O) groups excluding carboxylic acids is 1. The molecule has 6 nitrogen and oxygen atoms in total. The fourth-order valence-corrected chi connectivity index (χ4v) is 5.36. The van der Waals surface area contributed by atoms with E-state index in [0.717, 1.165) is 48.0 Å². The summed E-state index contributed by atoms with van der Waals surface area (Å²) >= 11 is 2.38. The smallest absolute Gasteiger partial charge is 0.416 e. The lowest BCUT2D eigenvalue weighted by molar-refractivity contribution is -0.140. The first-order valence-electron chi connectivity index (χ1n) is 10.3. The quantitative estimate of drug-likeness (QED) is 0.323. The molecule has 1 atom stereocenters. The SMILES string of the molecule is CC(CSc1cnc(NC(=O)N(CC2CCCC2)c2cc(C(F)(F)F)ccc2F)s1)C(=O)O.